The number of carboxylic acid groups (broad SMARTS) is 2. The minimum Gasteiger partial charge on any atom is -0.550 e. The van der Waals surface area contributed by atoms with Crippen LogP contribution >= 0.6 is 0 Å². The summed E-state index contributed by atoms with van der Waals surface area (Å²) >= 11 is 0. The van der Waals surface area contributed by atoms with E-state index in [1.165, 1.54) is 116 Å². The Kier molecular flexibility index (Phi) is 38.2. The summed E-state index contributed by atoms with van der Waals surface area (Å²) in [4.78, 5) is 20.3. The average Bonchev–Trinajstić information content (AvgIpc) is 2.76. The fourth-order valence-electron chi connectivity index (χ4n) is 3.87. The van der Waals surface area contributed by atoms with Crippen LogP contribution in [0.5, 0.6) is 0 Å². The maximum absolute atomic E-state index is 10.1. The van der Waals surface area contributed by atoms with Gasteiger partial charge in [0, 0.05) is 11.9 Å². The SMILES string of the molecule is CCCCCCCCCCCCCC(=O)[O-].CCCCCCCCCCCCCC(=O)[O-].[Mg+2]. The largest absolute Gasteiger partial charge is 2.00 e. The van der Waals surface area contributed by atoms with E-state index in [1.54, 1.807) is 0 Å². The first kappa shape index (κ1) is 37.3. The fourth-order valence-corrected chi connectivity index (χ4v) is 3.87. The number of unbranched alkanes of at least 4 members (excludes halogenated alkanes) is 20. The van der Waals surface area contributed by atoms with Crippen LogP contribution in [0, 0.1) is 0 Å². The second-order valence-electron chi connectivity index (χ2n) is 9.32. The predicted molar refractivity (Wildman–Crippen MR) is 138 cm³/mol. The van der Waals surface area contributed by atoms with Crippen LogP contribution in [0.25, 0.3) is 0 Å². The first-order valence-corrected chi connectivity index (χ1v) is 13.9. The molecule has 0 fully saturated rings. The summed E-state index contributed by atoms with van der Waals surface area (Å²) in [5, 5.41) is 20.3. The molecule has 0 radical (unpaired) electrons. The number of carbonyl (C=O) groups is 2. The molecule has 4 nitrogen and oxygen atoms in total. The number of rotatable bonds is 24. The second kappa shape index (κ2) is 33.9. The zero-order chi connectivity index (χ0) is 24.1. The normalized spacial score (nSPS) is 10.2. The molecule has 0 atom stereocenters. The van der Waals surface area contributed by atoms with Crippen molar-refractivity contribution in [3.05, 3.63) is 0 Å². The van der Waals surface area contributed by atoms with Crippen LogP contribution in [0.2, 0.25) is 0 Å². The van der Waals surface area contributed by atoms with Gasteiger partial charge in [-0.3, -0.25) is 0 Å². The summed E-state index contributed by atoms with van der Waals surface area (Å²) in [6.45, 7) is 4.49. The molecule has 0 aliphatic heterocycles. The second-order valence-corrected chi connectivity index (χ2v) is 9.32. The number of aliphatic carboxylic acids is 2. The van der Waals surface area contributed by atoms with Crippen LogP contribution in [0.15, 0.2) is 0 Å². The van der Waals surface area contributed by atoms with E-state index in [0.717, 1.165) is 25.7 Å². The van der Waals surface area contributed by atoms with E-state index in [2.05, 4.69) is 13.8 Å². The van der Waals surface area contributed by atoms with Crippen molar-refractivity contribution in [3.8, 4) is 0 Å². The zero-order valence-corrected chi connectivity index (χ0v) is 23.7. The Labute approximate surface area is 222 Å². The molecule has 0 aromatic heterocycles. The standard InChI is InChI=1S/2C14H28O2.Mg/c2*1-2-3-4-5-6-7-8-9-10-11-12-13-14(15)16;/h2*2-13H2,1H3,(H,15,16);/q;;+2/p-2. The molecule has 0 spiro atoms. The Morgan fingerprint density at radius 1 is 0.394 bits per heavy atom. The molecule has 0 aromatic rings. The van der Waals surface area contributed by atoms with E-state index in [4.69, 9.17) is 0 Å². The van der Waals surface area contributed by atoms with Crippen LogP contribution < -0.4 is 10.2 Å². The van der Waals surface area contributed by atoms with Crippen LogP contribution in [0.1, 0.15) is 168 Å². The molecule has 192 valence electrons. The first-order valence-electron chi connectivity index (χ1n) is 13.9. The third kappa shape index (κ3) is 42.3. The van der Waals surface area contributed by atoms with Crippen molar-refractivity contribution >= 4 is 35.0 Å². The third-order valence-electron chi connectivity index (χ3n) is 5.97. The van der Waals surface area contributed by atoms with Gasteiger partial charge in [-0.05, 0) is 25.7 Å². The first-order chi connectivity index (χ1) is 15.5. The molecule has 33 heavy (non-hydrogen) atoms. The number of carboxylic acids is 2. The summed E-state index contributed by atoms with van der Waals surface area (Å²) in [5.74, 6) is -1.81. The van der Waals surface area contributed by atoms with E-state index < -0.39 is 11.9 Å². The number of hydrogen-bond donors (Lipinski definition) is 0. The van der Waals surface area contributed by atoms with Gasteiger partial charge in [-0.15, -0.1) is 0 Å². The smallest absolute Gasteiger partial charge is 0.550 e. The summed E-state index contributed by atoms with van der Waals surface area (Å²) in [6, 6.07) is 0. The van der Waals surface area contributed by atoms with Crippen molar-refractivity contribution in [3.63, 3.8) is 0 Å². The molecule has 0 N–H and O–H groups in total. The Balaban J connectivity index is -0.000000529. The molecular weight excluding hydrogens is 425 g/mol. The van der Waals surface area contributed by atoms with Crippen LogP contribution in [-0.2, 0) is 9.59 Å². The Morgan fingerprint density at radius 3 is 0.758 bits per heavy atom. The molecule has 0 bridgehead atoms. The van der Waals surface area contributed by atoms with E-state index in [-0.39, 0.29) is 35.9 Å². The van der Waals surface area contributed by atoms with Gasteiger partial charge in [-0.2, -0.15) is 0 Å². The van der Waals surface area contributed by atoms with E-state index in [1.807, 2.05) is 0 Å². The molecule has 0 amide bonds. The van der Waals surface area contributed by atoms with Crippen LogP contribution in [-0.4, -0.2) is 35.0 Å². The summed E-state index contributed by atoms with van der Waals surface area (Å²) in [6.07, 6.45) is 28.1. The quantitative estimate of drug-likeness (QED) is 0.117. The van der Waals surface area contributed by atoms with E-state index >= 15 is 0 Å². The average molecular weight is 479 g/mol. The summed E-state index contributed by atoms with van der Waals surface area (Å²) in [5.41, 5.74) is 0. The third-order valence-corrected chi connectivity index (χ3v) is 5.97. The number of hydrogen-bond acceptors (Lipinski definition) is 4. The molecule has 0 unspecified atom stereocenters. The van der Waals surface area contributed by atoms with Gasteiger partial charge < -0.3 is 19.8 Å². The minimum atomic E-state index is -0.907. The zero-order valence-electron chi connectivity index (χ0n) is 22.3. The monoisotopic (exact) mass is 478 g/mol. The maximum atomic E-state index is 10.1. The van der Waals surface area contributed by atoms with Crippen molar-refractivity contribution < 1.29 is 19.8 Å². The molecule has 0 aliphatic carbocycles. The summed E-state index contributed by atoms with van der Waals surface area (Å²) < 4.78 is 0. The van der Waals surface area contributed by atoms with Crippen molar-refractivity contribution in [1.82, 2.24) is 0 Å². The fraction of sp³-hybridized carbons (Fsp3) is 0.929. The Bertz CT molecular complexity index is 352. The van der Waals surface area contributed by atoms with E-state index in [9.17, 15) is 19.8 Å². The molecule has 0 aromatic carbocycles. The maximum Gasteiger partial charge on any atom is 2.00 e. The van der Waals surface area contributed by atoms with Gasteiger partial charge in [-0.25, -0.2) is 0 Å². The van der Waals surface area contributed by atoms with Gasteiger partial charge in [0.15, 0.2) is 0 Å². The van der Waals surface area contributed by atoms with Crippen molar-refractivity contribution in [2.45, 2.75) is 168 Å². The molecule has 0 saturated heterocycles. The topological polar surface area (TPSA) is 80.3 Å². The molecule has 0 aliphatic rings. The van der Waals surface area contributed by atoms with Crippen molar-refractivity contribution in [2.24, 2.45) is 0 Å². The molecular formula is C28H54MgO4. The van der Waals surface area contributed by atoms with Gasteiger partial charge in [0.25, 0.3) is 0 Å². The summed E-state index contributed by atoms with van der Waals surface area (Å²) in [7, 11) is 0. The van der Waals surface area contributed by atoms with Gasteiger partial charge in [0.1, 0.15) is 0 Å². The van der Waals surface area contributed by atoms with E-state index in [0.29, 0.717) is 0 Å². The molecule has 0 saturated carbocycles. The molecule has 0 rings (SSSR count). The van der Waals surface area contributed by atoms with Crippen LogP contribution in [0.3, 0.4) is 0 Å². The molecule has 5 heteroatoms. The Hall–Kier alpha value is -0.294. The van der Waals surface area contributed by atoms with Gasteiger partial charge in [0.05, 0.1) is 0 Å². The minimum absolute atomic E-state index is 0. The van der Waals surface area contributed by atoms with Gasteiger partial charge in [-0.1, -0.05) is 142 Å². The number of carbonyl (C=O) groups excluding carboxylic acids is 2. The predicted octanol–water partition coefficient (Wildman–Crippen LogP) is 6.49. The molecule has 0 heterocycles. The van der Waals surface area contributed by atoms with Crippen molar-refractivity contribution in [1.29, 1.82) is 0 Å². The Morgan fingerprint density at radius 2 is 0.576 bits per heavy atom. The van der Waals surface area contributed by atoms with Crippen LogP contribution in [0.4, 0.5) is 0 Å². The van der Waals surface area contributed by atoms with Gasteiger partial charge in [0.2, 0.25) is 0 Å². The van der Waals surface area contributed by atoms with Crippen molar-refractivity contribution in [2.75, 3.05) is 0 Å². The van der Waals surface area contributed by atoms with Gasteiger partial charge >= 0.3 is 23.1 Å².